The lowest BCUT2D eigenvalue weighted by molar-refractivity contribution is 0.0939. The van der Waals surface area contributed by atoms with Gasteiger partial charge in [-0.05, 0) is 88.0 Å². The Labute approximate surface area is 186 Å². The summed E-state index contributed by atoms with van der Waals surface area (Å²) in [7, 11) is 0. The Morgan fingerprint density at radius 1 is 1.03 bits per heavy atom. The fourth-order valence-corrected chi connectivity index (χ4v) is 3.94. The van der Waals surface area contributed by atoms with Crippen molar-refractivity contribution in [3.63, 3.8) is 0 Å². The highest BCUT2D eigenvalue weighted by Crippen LogP contribution is 2.31. The van der Waals surface area contributed by atoms with Crippen LogP contribution in [0.5, 0.6) is 11.5 Å². The van der Waals surface area contributed by atoms with Gasteiger partial charge in [-0.3, -0.25) is 9.69 Å². The lowest BCUT2D eigenvalue weighted by atomic mass is 9.99. The molecule has 1 saturated heterocycles. The van der Waals surface area contributed by atoms with Crippen molar-refractivity contribution in [3.05, 3.63) is 59.2 Å². The summed E-state index contributed by atoms with van der Waals surface area (Å²) in [5.41, 5.74) is 2.92. The molecule has 1 N–H and O–H groups in total. The lowest BCUT2D eigenvalue weighted by Crippen LogP contribution is -2.32. The minimum absolute atomic E-state index is 0.0716. The maximum Gasteiger partial charge on any atom is 0.251 e. The number of hydrogen-bond donors (Lipinski definition) is 1. The first kappa shape index (κ1) is 23.1. The smallest absolute Gasteiger partial charge is 0.251 e. The van der Waals surface area contributed by atoms with E-state index in [0.717, 1.165) is 36.9 Å². The molecule has 5 heteroatoms. The van der Waals surface area contributed by atoms with Crippen molar-refractivity contribution in [2.24, 2.45) is 5.92 Å². The maximum atomic E-state index is 12.8. The molecule has 0 unspecified atom stereocenters. The molecule has 168 valence electrons. The fourth-order valence-electron chi connectivity index (χ4n) is 3.94. The summed E-state index contributed by atoms with van der Waals surface area (Å²) in [4.78, 5) is 15.3. The highest BCUT2D eigenvalue weighted by molar-refractivity contribution is 5.94. The fraction of sp³-hybridized carbons (Fsp3) is 0.500. The standard InChI is InChI=1S/C26H36N2O3/c1-5-30-24-12-11-23(17-25(24)31-6-2)20(4)27-26(29)22-9-7-21(8-10-22)18-28-15-13-19(3)14-16-28/h7-12,17,19-20H,5-6,13-16,18H2,1-4H3,(H,27,29)/t20-/m0/s1. The van der Waals surface area contributed by atoms with Crippen molar-refractivity contribution in [2.75, 3.05) is 26.3 Å². The van der Waals surface area contributed by atoms with Gasteiger partial charge in [-0.1, -0.05) is 25.1 Å². The molecule has 5 nitrogen and oxygen atoms in total. The summed E-state index contributed by atoms with van der Waals surface area (Å²) >= 11 is 0. The minimum atomic E-state index is -0.141. The third-order valence-electron chi connectivity index (χ3n) is 5.91. The van der Waals surface area contributed by atoms with Gasteiger partial charge in [0.2, 0.25) is 0 Å². The Bertz CT molecular complexity index is 842. The molecule has 0 saturated carbocycles. The zero-order chi connectivity index (χ0) is 22.2. The second-order valence-corrected chi connectivity index (χ2v) is 8.42. The largest absolute Gasteiger partial charge is 0.490 e. The van der Waals surface area contributed by atoms with Crippen LogP contribution in [-0.4, -0.2) is 37.1 Å². The first-order valence-electron chi connectivity index (χ1n) is 11.5. The van der Waals surface area contributed by atoms with Crippen LogP contribution in [0.4, 0.5) is 0 Å². The van der Waals surface area contributed by atoms with Crippen LogP contribution in [0.3, 0.4) is 0 Å². The predicted octanol–water partition coefficient (Wildman–Crippen LogP) is 5.21. The van der Waals surface area contributed by atoms with E-state index in [2.05, 4.69) is 29.3 Å². The lowest BCUT2D eigenvalue weighted by Gasteiger charge is -2.30. The first-order valence-corrected chi connectivity index (χ1v) is 11.5. The molecule has 2 aromatic rings. The van der Waals surface area contributed by atoms with Gasteiger partial charge in [0.25, 0.3) is 5.91 Å². The van der Waals surface area contributed by atoms with Crippen molar-refractivity contribution < 1.29 is 14.3 Å². The average Bonchev–Trinajstić information content (AvgIpc) is 2.77. The summed E-state index contributed by atoms with van der Waals surface area (Å²) in [6.45, 7) is 12.6. The van der Waals surface area contributed by atoms with Crippen LogP contribution in [0.25, 0.3) is 0 Å². The van der Waals surface area contributed by atoms with Gasteiger partial charge < -0.3 is 14.8 Å². The van der Waals surface area contributed by atoms with Gasteiger partial charge in [0.15, 0.2) is 11.5 Å². The number of benzene rings is 2. The molecule has 1 heterocycles. The van der Waals surface area contributed by atoms with Crippen LogP contribution in [0.2, 0.25) is 0 Å². The quantitative estimate of drug-likeness (QED) is 0.601. The summed E-state index contributed by atoms with van der Waals surface area (Å²) < 4.78 is 11.3. The Morgan fingerprint density at radius 2 is 1.68 bits per heavy atom. The van der Waals surface area contributed by atoms with Crippen molar-refractivity contribution in [1.82, 2.24) is 10.2 Å². The first-order chi connectivity index (χ1) is 15.0. The van der Waals surface area contributed by atoms with Gasteiger partial charge in [0, 0.05) is 12.1 Å². The number of hydrogen-bond acceptors (Lipinski definition) is 4. The number of amides is 1. The Morgan fingerprint density at radius 3 is 2.32 bits per heavy atom. The molecule has 1 atom stereocenters. The number of likely N-dealkylation sites (tertiary alicyclic amines) is 1. The normalized spacial score (nSPS) is 16.0. The maximum absolute atomic E-state index is 12.8. The SMILES string of the molecule is CCOc1ccc([C@H](C)NC(=O)c2ccc(CN3CCC(C)CC3)cc2)cc1OCC. The molecule has 0 radical (unpaired) electrons. The average molecular weight is 425 g/mol. The zero-order valence-corrected chi connectivity index (χ0v) is 19.3. The molecule has 0 aliphatic carbocycles. The molecular weight excluding hydrogens is 388 g/mol. The molecule has 2 aromatic carbocycles. The monoisotopic (exact) mass is 424 g/mol. The van der Waals surface area contributed by atoms with Gasteiger partial charge in [-0.2, -0.15) is 0 Å². The number of nitrogens with one attached hydrogen (secondary N) is 1. The molecule has 0 aromatic heterocycles. The second-order valence-electron chi connectivity index (χ2n) is 8.42. The van der Waals surface area contributed by atoms with E-state index < -0.39 is 0 Å². The molecule has 31 heavy (non-hydrogen) atoms. The third-order valence-corrected chi connectivity index (χ3v) is 5.91. The van der Waals surface area contributed by atoms with E-state index in [9.17, 15) is 4.79 Å². The van der Waals surface area contributed by atoms with Crippen molar-refractivity contribution in [3.8, 4) is 11.5 Å². The van der Waals surface area contributed by atoms with Gasteiger partial charge in [-0.15, -0.1) is 0 Å². The van der Waals surface area contributed by atoms with E-state index >= 15 is 0 Å². The molecular formula is C26H36N2O3. The number of ether oxygens (including phenoxy) is 2. The predicted molar refractivity (Wildman–Crippen MR) is 125 cm³/mol. The van der Waals surface area contributed by atoms with Crippen molar-refractivity contribution in [1.29, 1.82) is 0 Å². The Balaban J connectivity index is 1.59. The van der Waals surface area contributed by atoms with Crippen LogP contribution in [-0.2, 0) is 6.54 Å². The van der Waals surface area contributed by atoms with E-state index in [0.29, 0.717) is 24.5 Å². The highest BCUT2D eigenvalue weighted by atomic mass is 16.5. The molecule has 3 rings (SSSR count). The van der Waals surface area contributed by atoms with Crippen LogP contribution in [0, 0.1) is 5.92 Å². The Hall–Kier alpha value is -2.53. The summed E-state index contributed by atoms with van der Waals surface area (Å²) in [5, 5.41) is 3.09. The third kappa shape index (κ3) is 6.47. The number of carbonyl (C=O) groups excluding carboxylic acids is 1. The molecule has 0 spiro atoms. The van der Waals surface area contributed by atoms with Crippen LogP contribution < -0.4 is 14.8 Å². The molecule has 1 aliphatic rings. The molecule has 1 fully saturated rings. The summed E-state index contributed by atoms with van der Waals surface area (Å²) in [6, 6.07) is 13.7. The van der Waals surface area contributed by atoms with Gasteiger partial charge >= 0.3 is 0 Å². The van der Waals surface area contributed by atoms with Crippen LogP contribution >= 0.6 is 0 Å². The number of nitrogens with zero attached hydrogens (tertiary/aromatic N) is 1. The zero-order valence-electron chi connectivity index (χ0n) is 19.3. The van der Waals surface area contributed by atoms with Crippen LogP contribution in [0.15, 0.2) is 42.5 Å². The van der Waals surface area contributed by atoms with E-state index in [4.69, 9.17) is 9.47 Å². The van der Waals surface area contributed by atoms with Gasteiger partial charge in [0.05, 0.1) is 19.3 Å². The van der Waals surface area contributed by atoms with E-state index in [1.54, 1.807) is 0 Å². The summed E-state index contributed by atoms with van der Waals surface area (Å²) in [5.74, 6) is 2.20. The topological polar surface area (TPSA) is 50.8 Å². The highest BCUT2D eigenvalue weighted by Gasteiger charge is 2.17. The van der Waals surface area contributed by atoms with Crippen molar-refractivity contribution >= 4 is 5.91 Å². The summed E-state index contributed by atoms with van der Waals surface area (Å²) in [6.07, 6.45) is 2.55. The van der Waals surface area contributed by atoms with E-state index in [-0.39, 0.29) is 11.9 Å². The molecule has 0 bridgehead atoms. The van der Waals surface area contributed by atoms with Crippen LogP contribution in [0.1, 0.15) is 68.1 Å². The second kappa shape index (κ2) is 11.2. The van der Waals surface area contributed by atoms with E-state index in [1.807, 2.05) is 51.1 Å². The number of carbonyl (C=O) groups is 1. The Kier molecular flexibility index (Phi) is 8.35. The van der Waals surface area contributed by atoms with Crippen molar-refractivity contribution in [2.45, 2.75) is 53.1 Å². The number of rotatable bonds is 9. The molecule has 1 aliphatic heterocycles. The van der Waals surface area contributed by atoms with Gasteiger partial charge in [0.1, 0.15) is 0 Å². The molecule has 1 amide bonds. The van der Waals surface area contributed by atoms with E-state index in [1.165, 1.54) is 18.4 Å². The van der Waals surface area contributed by atoms with Gasteiger partial charge in [-0.25, -0.2) is 0 Å². The minimum Gasteiger partial charge on any atom is -0.490 e. The number of piperidine rings is 1.